The van der Waals surface area contributed by atoms with Crippen molar-refractivity contribution in [3.63, 3.8) is 0 Å². The van der Waals surface area contributed by atoms with Crippen molar-refractivity contribution in [3.8, 4) is 5.69 Å². The van der Waals surface area contributed by atoms with Crippen LogP contribution in [0.1, 0.15) is 5.56 Å². The van der Waals surface area contributed by atoms with Crippen molar-refractivity contribution in [2.45, 2.75) is 0 Å². The van der Waals surface area contributed by atoms with Crippen LogP contribution in [-0.4, -0.2) is 14.8 Å². The number of nitrogens with zero attached hydrogens (tertiary/aromatic N) is 4. The lowest BCUT2D eigenvalue weighted by Crippen LogP contribution is -1.94. The molecule has 4 nitrogen and oxygen atoms in total. The highest BCUT2D eigenvalue weighted by atomic mass is 15.3. The van der Waals surface area contributed by atoms with Crippen LogP contribution in [-0.2, 0) is 0 Å². The SMILES string of the molecule is [C-]#[N+]c1cc(C=C)ccc1-n1cncn1. The Bertz CT molecular complexity index is 520. The topological polar surface area (TPSA) is 35.1 Å². The van der Waals surface area contributed by atoms with Gasteiger partial charge in [-0.25, -0.2) is 14.5 Å². The van der Waals surface area contributed by atoms with Crippen LogP contribution in [0.2, 0.25) is 0 Å². The maximum Gasteiger partial charge on any atom is 0.212 e. The maximum atomic E-state index is 7.09. The molecule has 15 heavy (non-hydrogen) atoms. The smallest absolute Gasteiger partial charge is 0.212 e. The van der Waals surface area contributed by atoms with Gasteiger partial charge in [-0.3, -0.25) is 0 Å². The van der Waals surface area contributed by atoms with Crippen molar-refractivity contribution in [3.05, 3.63) is 54.4 Å². The van der Waals surface area contributed by atoms with Gasteiger partial charge in [-0.1, -0.05) is 18.7 Å². The molecule has 0 spiro atoms. The summed E-state index contributed by atoms with van der Waals surface area (Å²) in [6.07, 6.45) is 4.71. The van der Waals surface area contributed by atoms with Gasteiger partial charge in [0.2, 0.25) is 5.69 Å². The fourth-order valence-electron chi connectivity index (χ4n) is 1.28. The molecule has 0 aliphatic rings. The van der Waals surface area contributed by atoms with Crippen LogP contribution < -0.4 is 0 Å². The van der Waals surface area contributed by atoms with Crippen LogP contribution in [0.25, 0.3) is 16.6 Å². The van der Waals surface area contributed by atoms with Gasteiger partial charge < -0.3 is 0 Å². The Balaban J connectivity index is 2.59. The highest BCUT2D eigenvalue weighted by Crippen LogP contribution is 2.24. The van der Waals surface area contributed by atoms with Gasteiger partial charge >= 0.3 is 0 Å². The summed E-state index contributed by atoms with van der Waals surface area (Å²) >= 11 is 0. The first-order valence-corrected chi connectivity index (χ1v) is 4.34. The lowest BCUT2D eigenvalue weighted by molar-refractivity contribution is 0.882. The highest BCUT2D eigenvalue weighted by Gasteiger charge is 2.04. The Morgan fingerprint density at radius 2 is 2.33 bits per heavy atom. The number of aromatic nitrogens is 3. The summed E-state index contributed by atoms with van der Waals surface area (Å²) in [5, 5.41) is 3.99. The molecule has 0 atom stereocenters. The summed E-state index contributed by atoms with van der Waals surface area (Å²) in [4.78, 5) is 7.29. The van der Waals surface area contributed by atoms with E-state index in [1.54, 1.807) is 23.2 Å². The van der Waals surface area contributed by atoms with Gasteiger partial charge in [-0.2, -0.15) is 5.10 Å². The molecule has 0 amide bonds. The molecular weight excluding hydrogens is 188 g/mol. The molecule has 0 aliphatic carbocycles. The van der Waals surface area contributed by atoms with Gasteiger partial charge in [0.1, 0.15) is 12.7 Å². The van der Waals surface area contributed by atoms with Crippen molar-refractivity contribution in [2.24, 2.45) is 0 Å². The Labute approximate surface area is 87.3 Å². The Kier molecular flexibility index (Phi) is 2.30. The van der Waals surface area contributed by atoms with Gasteiger partial charge in [0.25, 0.3) is 0 Å². The second-order valence-corrected chi connectivity index (χ2v) is 2.90. The first kappa shape index (κ1) is 9.16. The van der Waals surface area contributed by atoms with E-state index in [9.17, 15) is 0 Å². The zero-order valence-corrected chi connectivity index (χ0v) is 7.96. The molecule has 0 saturated heterocycles. The highest BCUT2D eigenvalue weighted by molar-refractivity contribution is 5.67. The molecule has 4 heteroatoms. The predicted octanol–water partition coefficient (Wildman–Crippen LogP) is 2.46. The van der Waals surface area contributed by atoms with Crippen LogP contribution in [0.15, 0.2) is 37.4 Å². The van der Waals surface area contributed by atoms with E-state index < -0.39 is 0 Å². The Hall–Kier alpha value is -2.41. The van der Waals surface area contributed by atoms with Gasteiger partial charge in [-0.15, -0.1) is 0 Å². The van der Waals surface area contributed by atoms with Crippen LogP contribution in [0.5, 0.6) is 0 Å². The van der Waals surface area contributed by atoms with Crippen LogP contribution >= 0.6 is 0 Å². The minimum Gasteiger partial charge on any atom is -0.236 e. The Morgan fingerprint density at radius 1 is 1.47 bits per heavy atom. The molecule has 0 unspecified atom stereocenters. The second kappa shape index (κ2) is 3.76. The molecule has 0 bridgehead atoms. The molecule has 2 rings (SSSR count). The second-order valence-electron chi connectivity index (χ2n) is 2.90. The molecule has 0 fully saturated rings. The van der Waals surface area contributed by atoms with Crippen LogP contribution in [0.4, 0.5) is 5.69 Å². The lowest BCUT2D eigenvalue weighted by Gasteiger charge is -2.03. The van der Waals surface area contributed by atoms with Gasteiger partial charge in [0.15, 0.2) is 0 Å². The number of hydrogen-bond acceptors (Lipinski definition) is 2. The summed E-state index contributed by atoms with van der Waals surface area (Å²) in [6.45, 7) is 10.7. The Morgan fingerprint density at radius 3 is 2.93 bits per heavy atom. The summed E-state index contributed by atoms with van der Waals surface area (Å²) in [7, 11) is 0. The van der Waals surface area contributed by atoms with E-state index in [2.05, 4.69) is 21.5 Å². The molecular formula is C11H8N4. The minimum atomic E-state index is 0.540. The van der Waals surface area contributed by atoms with Gasteiger partial charge in [0.05, 0.1) is 12.3 Å². The average Bonchev–Trinajstić information content (AvgIpc) is 2.81. The van der Waals surface area contributed by atoms with Crippen molar-refractivity contribution in [1.82, 2.24) is 14.8 Å². The molecule has 0 saturated carbocycles. The standard InChI is InChI=1S/C11H8N4/c1-3-9-4-5-11(10(6-9)12-2)15-8-13-7-14-15/h3-8H,1H2. The average molecular weight is 196 g/mol. The summed E-state index contributed by atoms with van der Waals surface area (Å²) in [6, 6.07) is 5.49. The first-order chi connectivity index (χ1) is 7.35. The van der Waals surface area contributed by atoms with E-state index in [-0.39, 0.29) is 0 Å². The molecule has 0 radical (unpaired) electrons. The monoisotopic (exact) mass is 196 g/mol. The summed E-state index contributed by atoms with van der Waals surface area (Å²) in [5.74, 6) is 0. The molecule has 0 aliphatic heterocycles. The molecule has 2 aromatic rings. The largest absolute Gasteiger partial charge is 0.236 e. The zero-order valence-electron chi connectivity index (χ0n) is 7.96. The maximum absolute atomic E-state index is 7.09. The van der Waals surface area contributed by atoms with Crippen molar-refractivity contribution < 1.29 is 0 Å². The third-order valence-electron chi connectivity index (χ3n) is 2.02. The van der Waals surface area contributed by atoms with Gasteiger partial charge in [0, 0.05) is 0 Å². The molecule has 1 aromatic heterocycles. The van der Waals surface area contributed by atoms with Crippen molar-refractivity contribution in [2.75, 3.05) is 0 Å². The molecule has 72 valence electrons. The van der Waals surface area contributed by atoms with Crippen molar-refractivity contribution in [1.29, 1.82) is 0 Å². The molecule has 1 heterocycles. The zero-order chi connectivity index (χ0) is 10.7. The third kappa shape index (κ3) is 1.63. The van der Waals surface area contributed by atoms with E-state index in [4.69, 9.17) is 6.57 Å². The van der Waals surface area contributed by atoms with E-state index in [0.29, 0.717) is 5.69 Å². The minimum absolute atomic E-state index is 0.540. The molecule has 0 N–H and O–H groups in total. The van der Waals surface area contributed by atoms with E-state index in [1.165, 1.54) is 6.33 Å². The fraction of sp³-hybridized carbons (Fsp3) is 0. The number of rotatable bonds is 2. The number of benzene rings is 1. The van der Waals surface area contributed by atoms with Crippen molar-refractivity contribution >= 4 is 11.8 Å². The molecule has 1 aromatic carbocycles. The quantitative estimate of drug-likeness (QED) is 0.691. The van der Waals surface area contributed by atoms with Crippen LogP contribution in [0.3, 0.4) is 0 Å². The van der Waals surface area contributed by atoms with E-state index in [0.717, 1.165) is 11.3 Å². The lowest BCUT2D eigenvalue weighted by atomic mass is 10.2. The first-order valence-electron chi connectivity index (χ1n) is 4.34. The predicted molar refractivity (Wildman–Crippen MR) is 57.7 cm³/mol. The van der Waals surface area contributed by atoms with Crippen LogP contribution in [0, 0.1) is 6.57 Å². The third-order valence-corrected chi connectivity index (χ3v) is 2.02. The van der Waals surface area contributed by atoms with Gasteiger partial charge in [-0.05, 0) is 17.7 Å². The fourth-order valence-corrected chi connectivity index (χ4v) is 1.28. The number of hydrogen-bond donors (Lipinski definition) is 0. The summed E-state index contributed by atoms with van der Waals surface area (Å²) in [5.41, 5.74) is 2.19. The summed E-state index contributed by atoms with van der Waals surface area (Å²) < 4.78 is 1.57. The van der Waals surface area contributed by atoms with E-state index >= 15 is 0 Å². The van der Waals surface area contributed by atoms with E-state index in [1.807, 2.05) is 12.1 Å². The normalized spacial score (nSPS) is 9.53.